The van der Waals surface area contributed by atoms with Crippen LogP contribution in [0.5, 0.6) is 0 Å². The minimum Gasteiger partial charge on any atom is -0.459 e. The van der Waals surface area contributed by atoms with Gasteiger partial charge >= 0.3 is 0 Å². The Kier molecular flexibility index (Phi) is 3.76. The highest BCUT2D eigenvalue weighted by molar-refractivity contribution is 7.22. The molecule has 1 aliphatic rings. The first kappa shape index (κ1) is 15.2. The van der Waals surface area contributed by atoms with Crippen molar-refractivity contribution in [3.63, 3.8) is 0 Å². The van der Waals surface area contributed by atoms with Gasteiger partial charge in [0, 0.05) is 26.2 Å². The smallest absolute Gasteiger partial charge is 0.289 e. The predicted octanol–water partition coefficient (Wildman–Crippen LogP) is 3.47. The minimum absolute atomic E-state index is 0.0320. The van der Waals surface area contributed by atoms with Crippen molar-refractivity contribution in [1.82, 2.24) is 9.88 Å². The fourth-order valence-electron chi connectivity index (χ4n) is 3.16. The molecule has 24 heavy (non-hydrogen) atoms. The second-order valence-corrected chi connectivity index (χ2v) is 7.16. The standard InChI is InChI=1S/C18H19N3O2S/c1-12-10-13(2)16-14(11-12)19-18(24-16)21-7-5-20(6-8-21)17(22)15-4-3-9-23-15/h3-4,9-11H,5-8H2,1-2H3. The van der Waals surface area contributed by atoms with Crippen LogP contribution in [0.25, 0.3) is 10.2 Å². The molecule has 1 aromatic carbocycles. The molecule has 0 N–H and O–H groups in total. The lowest BCUT2D eigenvalue weighted by molar-refractivity contribution is 0.0714. The fourth-order valence-corrected chi connectivity index (χ4v) is 4.22. The van der Waals surface area contributed by atoms with Gasteiger partial charge in [-0.25, -0.2) is 4.98 Å². The number of anilines is 1. The number of fused-ring (bicyclic) bond motifs is 1. The molecule has 1 aliphatic heterocycles. The maximum absolute atomic E-state index is 12.3. The largest absolute Gasteiger partial charge is 0.459 e. The van der Waals surface area contributed by atoms with E-state index in [2.05, 4.69) is 30.9 Å². The van der Waals surface area contributed by atoms with Gasteiger partial charge in [0.05, 0.1) is 16.5 Å². The summed E-state index contributed by atoms with van der Waals surface area (Å²) in [6.45, 7) is 7.21. The minimum atomic E-state index is -0.0320. The molecule has 0 atom stereocenters. The van der Waals surface area contributed by atoms with Crippen LogP contribution in [0.15, 0.2) is 34.9 Å². The molecular weight excluding hydrogens is 322 g/mol. The lowest BCUT2D eigenvalue weighted by Crippen LogP contribution is -2.48. The van der Waals surface area contributed by atoms with Crippen LogP contribution in [-0.2, 0) is 0 Å². The second-order valence-electron chi connectivity index (χ2n) is 6.18. The van der Waals surface area contributed by atoms with E-state index >= 15 is 0 Å². The highest BCUT2D eigenvalue weighted by Crippen LogP contribution is 2.32. The molecule has 6 heteroatoms. The third-order valence-corrected chi connectivity index (χ3v) is 5.65. The first-order valence-electron chi connectivity index (χ1n) is 8.07. The molecule has 3 heterocycles. The van der Waals surface area contributed by atoms with E-state index < -0.39 is 0 Å². The SMILES string of the molecule is Cc1cc(C)c2sc(N3CCN(C(=O)c4ccco4)CC3)nc2c1. The number of thiazole rings is 1. The lowest BCUT2D eigenvalue weighted by Gasteiger charge is -2.34. The Hall–Kier alpha value is -2.34. The van der Waals surface area contributed by atoms with Crippen LogP contribution in [0.2, 0.25) is 0 Å². The number of benzene rings is 1. The van der Waals surface area contributed by atoms with Gasteiger partial charge < -0.3 is 14.2 Å². The molecule has 5 nitrogen and oxygen atoms in total. The van der Waals surface area contributed by atoms with Gasteiger partial charge in [-0.15, -0.1) is 0 Å². The zero-order chi connectivity index (χ0) is 16.7. The van der Waals surface area contributed by atoms with E-state index in [0.29, 0.717) is 18.8 Å². The van der Waals surface area contributed by atoms with Gasteiger partial charge in [0.25, 0.3) is 5.91 Å². The van der Waals surface area contributed by atoms with Crippen LogP contribution in [0, 0.1) is 13.8 Å². The van der Waals surface area contributed by atoms with Crippen LogP contribution in [-0.4, -0.2) is 42.0 Å². The lowest BCUT2D eigenvalue weighted by atomic mass is 10.1. The first-order valence-corrected chi connectivity index (χ1v) is 8.89. The summed E-state index contributed by atoms with van der Waals surface area (Å²) in [5.74, 6) is 0.380. The molecule has 1 saturated heterocycles. The number of nitrogens with zero attached hydrogens (tertiary/aromatic N) is 3. The molecule has 0 bridgehead atoms. The molecule has 1 amide bonds. The van der Waals surface area contributed by atoms with Crippen molar-refractivity contribution < 1.29 is 9.21 Å². The van der Waals surface area contributed by atoms with Gasteiger partial charge in [0.15, 0.2) is 10.9 Å². The van der Waals surface area contributed by atoms with E-state index in [0.717, 1.165) is 23.7 Å². The van der Waals surface area contributed by atoms with Crippen molar-refractivity contribution in [1.29, 1.82) is 0 Å². The monoisotopic (exact) mass is 341 g/mol. The Morgan fingerprint density at radius 3 is 2.71 bits per heavy atom. The van der Waals surface area contributed by atoms with Crippen molar-refractivity contribution in [3.8, 4) is 0 Å². The van der Waals surface area contributed by atoms with Gasteiger partial charge in [-0.05, 0) is 43.2 Å². The van der Waals surface area contributed by atoms with E-state index in [-0.39, 0.29) is 5.91 Å². The topological polar surface area (TPSA) is 49.6 Å². The van der Waals surface area contributed by atoms with E-state index in [4.69, 9.17) is 9.40 Å². The number of hydrogen-bond acceptors (Lipinski definition) is 5. The number of rotatable bonds is 2. The zero-order valence-electron chi connectivity index (χ0n) is 13.8. The maximum Gasteiger partial charge on any atom is 0.289 e. The van der Waals surface area contributed by atoms with E-state index in [1.54, 1.807) is 23.5 Å². The Balaban J connectivity index is 1.50. The average Bonchev–Trinajstić information content (AvgIpc) is 3.24. The molecule has 0 saturated carbocycles. The summed E-state index contributed by atoms with van der Waals surface area (Å²) in [6.07, 6.45) is 1.54. The molecule has 3 aromatic rings. The van der Waals surface area contributed by atoms with Gasteiger partial charge in [0.1, 0.15) is 0 Å². The van der Waals surface area contributed by atoms with Gasteiger partial charge in [-0.2, -0.15) is 0 Å². The van der Waals surface area contributed by atoms with Gasteiger partial charge in [-0.3, -0.25) is 4.79 Å². The summed E-state index contributed by atoms with van der Waals surface area (Å²) in [5.41, 5.74) is 3.59. The molecule has 0 spiro atoms. The predicted molar refractivity (Wildman–Crippen MR) is 95.9 cm³/mol. The second kappa shape index (κ2) is 5.94. The van der Waals surface area contributed by atoms with Crippen LogP contribution >= 0.6 is 11.3 Å². The summed E-state index contributed by atoms with van der Waals surface area (Å²) >= 11 is 1.74. The zero-order valence-corrected chi connectivity index (χ0v) is 14.6. The van der Waals surface area contributed by atoms with Crippen molar-refractivity contribution in [2.24, 2.45) is 0 Å². The molecule has 0 aliphatic carbocycles. The highest BCUT2D eigenvalue weighted by atomic mass is 32.1. The van der Waals surface area contributed by atoms with Crippen molar-refractivity contribution in [2.75, 3.05) is 31.1 Å². The average molecular weight is 341 g/mol. The number of carbonyl (C=O) groups excluding carboxylic acids is 1. The van der Waals surface area contributed by atoms with Crippen LogP contribution < -0.4 is 4.90 Å². The Labute approximate surface area is 144 Å². The number of amides is 1. The maximum atomic E-state index is 12.3. The Bertz CT molecular complexity index is 877. The number of aromatic nitrogens is 1. The number of carbonyl (C=O) groups is 1. The Morgan fingerprint density at radius 2 is 2.00 bits per heavy atom. The third-order valence-electron chi connectivity index (χ3n) is 4.38. The number of piperazine rings is 1. The number of aryl methyl sites for hydroxylation is 2. The fraction of sp³-hybridized carbons (Fsp3) is 0.333. The third kappa shape index (κ3) is 2.67. The summed E-state index contributed by atoms with van der Waals surface area (Å²) in [6, 6.07) is 7.80. The summed E-state index contributed by atoms with van der Waals surface area (Å²) in [4.78, 5) is 21.2. The van der Waals surface area contributed by atoms with E-state index in [1.165, 1.54) is 22.1 Å². The molecule has 124 valence electrons. The molecule has 2 aromatic heterocycles. The van der Waals surface area contributed by atoms with E-state index in [9.17, 15) is 4.79 Å². The Morgan fingerprint density at radius 1 is 1.21 bits per heavy atom. The first-order chi connectivity index (χ1) is 11.6. The van der Waals surface area contributed by atoms with Gasteiger partial charge in [-0.1, -0.05) is 17.4 Å². The molecule has 4 rings (SSSR count). The molecular formula is C18H19N3O2S. The number of hydrogen-bond donors (Lipinski definition) is 0. The normalized spacial score (nSPS) is 15.2. The highest BCUT2D eigenvalue weighted by Gasteiger charge is 2.25. The van der Waals surface area contributed by atoms with Crippen molar-refractivity contribution in [3.05, 3.63) is 47.4 Å². The van der Waals surface area contributed by atoms with Crippen LogP contribution in [0.1, 0.15) is 21.7 Å². The van der Waals surface area contributed by atoms with Crippen LogP contribution in [0.3, 0.4) is 0 Å². The summed E-state index contributed by atoms with van der Waals surface area (Å²) in [5, 5.41) is 1.05. The summed E-state index contributed by atoms with van der Waals surface area (Å²) in [7, 11) is 0. The van der Waals surface area contributed by atoms with Crippen LogP contribution in [0.4, 0.5) is 5.13 Å². The summed E-state index contributed by atoms with van der Waals surface area (Å²) < 4.78 is 6.46. The quantitative estimate of drug-likeness (QED) is 0.716. The van der Waals surface area contributed by atoms with E-state index in [1.807, 2.05) is 4.90 Å². The van der Waals surface area contributed by atoms with Crippen molar-refractivity contribution >= 4 is 32.6 Å². The molecule has 0 unspecified atom stereocenters. The number of furan rings is 1. The van der Waals surface area contributed by atoms with Gasteiger partial charge in [0.2, 0.25) is 0 Å². The molecule has 0 radical (unpaired) electrons. The molecule has 1 fully saturated rings. The van der Waals surface area contributed by atoms with Crippen molar-refractivity contribution in [2.45, 2.75) is 13.8 Å².